The fourth-order valence-corrected chi connectivity index (χ4v) is 4.67. The molecule has 2 aliphatic rings. The smallest absolute Gasteiger partial charge is 0.251 e. The molecule has 2 aliphatic heterocycles. The molecule has 0 unspecified atom stereocenters. The summed E-state index contributed by atoms with van der Waals surface area (Å²) in [7, 11) is 0. The normalized spacial score (nSPS) is 16.4. The molecule has 0 atom stereocenters. The van der Waals surface area contributed by atoms with Gasteiger partial charge in [0.25, 0.3) is 5.91 Å². The SMILES string of the molecule is CC1=Nc2cc(C(=O)NCCCN3CCOCC3)ccc2Sc2ccc(C)cc21. The minimum absolute atomic E-state index is 0.0368. The highest BCUT2D eigenvalue weighted by Crippen LogP contribution is 2.40. The largest absolute Gasteiger partial charge is 0.379 e. The average molecular weight is 410 g/mol. The predicted molar refractivity (Wildman–Crippen MR) is 118 cm³/mol. The number of fused-ring (bicyclic) bond motifs is 2. The van der Waals surface area contributed by atoms with E-state index in [2.05, 4.69) is 35.3 Å². The highest BCUT2D eigenvalue weighted by atomic mass is 32.2. The Balaban J connectivity index is 1.41. The third kappa shape index (κ3) is 4.89. The van der Waals surface area contributed by atoms with E-state index in [4.69, 9.17) is 9.73 Å². The number of morpholine rings is 1. The van der Waals surface area contributed by atoms with Crippen molar-refractivity contribution in [1.82, 2.24) is 10.2 Å². The Bertz CT molecular complexity index is 936. The van der Waals surface area contributed by atoms with Crippen LogP contribution in [0.5, 0.6) is 0 Å². The fourth-order valence-electron chi connectivity index (χ4n) is 3.64. The standard InChI is InChI=1S/C23H27N3O2S/c1-16-4-6-21-19(14-16)17(2)25-20-15-18(5-7-22(20)29-21)23(27)24-8-3-9-26-10-12-28-13-11-26/h4-7,14-15H,3,8-13H2,1-2H3,(H,24,27). The quantitative estimate of drug-likeness (QED) is 0.757. The lowest BCUT2D eigenvalue weighted by Crippen LogP contribution is -2.38. The van der Waals surface area contributed by atoms with Crippen LogP contribution in [0.2, 0.25) is 0 Å². The van der Waals surface area contributed by atoms with Gasteiger partial charge in [0.2, 0.25) is 0 Å². The second-order valence-corrected chi connectivity index (χ2v) is 8.63. The summed E-state index contributed by atoms with van der Waals surface area (Å²) in [5, 5.41) is 3.04. The van der Waals surface area contributed by atoms with Gasteiger partial charge in [0.05, 0.1) is 18.9 Å². The summed E-state index contributed by atoms with van der Waals surface area (Å²) < 4.78 is 5.37. The molecule has 1 amide bonds. The number of nitrogens with zero attached hydrogens (tertiary/aromatic N) is 2. The molecule has 152 valence electrons. The lowest BCUT2D eigenvalue weighted by atomic mass is 10.1. The van der Waals surface area contributed by atoms with Crippen LogP contribution in [0, 0.1) is 6.92 Å². The van der Waals surface area contributed by atoms with E-state index in [0.717, 1.165) is 55.6 Å². The number of carbonyl (C=O) groups excluding carboxylic acids is 1. The maximum atomic E-state index is 12.6. The number of nitrogens with one attached hydrogen (secondary N) is 1. The summed E-state index contributed by atoms with van der Waals surface area (Å²) in [6, 6.07) is 12.3. The molecule has 0 bridgehead atoms. The van der Waals surface area contributed by atoms with E-state index in [1.54, 1.807) is 11.8 Å². The molecule has 0 radical (unpaired) electrons. The van der Waals surface area contributed by atoms with E-state index >= 15 is 0 Å². The Morgan fingerprint density at radius 3 is 2.76 bits per heavy atom. The first-order chi connectivity index (χ1) is 14.1. The Hall–Kier alpha value is -2.15. The third-order valence-electron chi connectivity index (χ3n) is 5.29. The van der Waals surface area contributed by atoms with Crippen molar-refractivity contribution in [2.75, 3.05) is 39.4 Å². The zero-order valence-electron chi connectivity index (χ0n) is 17.0. The van der Waals surface area contributed by atoms with Gasteiger partial charge in [0.1, 0.15) is 0 Å². The van der Waals surface area contributed by atoms with Gasteiger partial charge in [-0.2, -0.15) is 0 Å². The van der Waals surface area contributed by atoms with E-state index in [9.17, 15) is 4.79 Å². The Kier molecular flexibility index (Phi) is 6.33. The van der Waals surface area contributed by atoms with Crippen LogP contribution < -0.4 is 5.32 Å². The first kappa shape index (κ1) is 20.1. The van der Waals surface area contributed by atoms with Crippen molar-refractivity contribution < 1.29 is 9.53 Å². The van der Waals surface area contributed by atoms with Gasteiger partial charge in [-0.3, -0.25) is 14.7 Å². The van der Waals surface area contributed by atoms with Crippen molar-refractivity contribution >= 4 is 29.1 Å². The van der Waals surface area contributed by atoms with Crippen LogP contribution in [0.1, 0.15) is 34.8 Å². The van der Waals surface area contributed by atoms with Crippen molar-refractivity contribution in [2.45, 2.75) is 30.1 Å². The minimum Gasteiger partial charge on any atom is -0.379 e. The van der Waals surface area contributed by atoms with Crippen molar-refractivity contribution in [1.29, 1.82) is 0 Å². The summed E-state index contributed by atoms with van der Waals surface area (Å²) >= 11 is 1.71. The molecule has 1 saturated heterocycles. The molecule has 1 fully saturated rings. The number of aryl methyl sites for hydroxylation is 1. The lowest BCUT2D eigenvalue weighted by Gasteiger charge is -2.26. The van der Waals surface area contributed by atoms with Crippen LogP contribution in [0.25, 0.3) is 0 Å². The van der Waals surface area contributed by atoms with Crippen LogP contribution >= 0.6 is 11.8 Å². The van der Waals surface area contributed by atoms with Gasteiger partial charge in [0.15, 0.2) is 0 Å². The van der Waals surface area contributed by atoms with E-state index < -0.39 is 0 Å². The molecule has 0 spiro atoms. The first-order valence-corrected chi connectivity index (χ1v) is 11.0. The van der Waals surface area contributed by atoms with Crippen LogP contribution in [-0.2, 0) is 4.74 Å². The monoisotopic (exact) mass is 409 g/mol. The van der Waals surface area contributed by atoms with E-state index in [-0.39, 0.29) is 5.91 Å². The minimum atomic E-state index is -0.0368. The molecule has 29 heavy (non-hydrogen) atoms. The second-order valence-electron chi connectivity index (χ2n) is 7.54. The molecule has 0 aromatic heterocycles. The van der Waals surface area contributed by atoms with Gasteiger partial charge in [-0.1, -0.05) is 23.4 Å². The lowest BCUT2D eigenvalue weighted by molar-refractivity contribution is 0.0374. The van der Waals surface area contributed by atoms with Gasteiger partial charge < -0.3 is 10.1 Å². The van der Waals surface area contributed by atoms with Crippen molar-refractivity contribution in [3.8, 4) is 0 Å². The highest BCUT2D eigenvalue weighted by molar-refractivity contribution is 7.99. The molecule has 2 heterocycles. The number of rotatable bonds is 5. The topological polar surface area (TPSA) is 53.9 Å². The highest BCUT2D eigenvalue weighted by Gasteiger charge is 2.17. The molecule has 0 saturated carbocycles. The predicted octanol–water partition coefficient (Wildman–Crippen LogP) is 4.05. The average Bonchev–Trinajstić information content (AvgIpc) is 2.87. The van der Waals surface area contributed by atoms with Gasteiger partial charge in [0, 0.05) is 46.3 Å². The number of ether oxygens (including phenoxy) is 1. The summed E-state index contributed by atoms with van der Waals surface area (Å²) in [5.74, 6) is -0.0368. The molecule has 1 N–H and O–H groups in total. The van der Waals surface area contributed by atoms with Crippen molar-refractivity contribution in [2.24, 2.45) is 4.99 Å². The third-order valence-corrected chi connectivity index (χ3v) is 6.44. The Morgan fingerprint density at radius 1 is 1.14 bits per heavy atom. The number of amides is 1. The number of hydrogen-bond acceptors (Lipinski definition) is 5. The Morgan fingerprint density at radius 2 is 1.93 bits per heavy atom. The van der Waals surface area contributed by atoms with Gasteiger partial charge in [-0.25, -0.2) is 0 Å². The zero-order valence-corrected chi connectivity index (χ0v) is 17.8. The van der Waals surface area contributed by atoms with Crippen molar-refractivity contribution in [3.63, 3.8) is 0 Å². The van der Waals surface area contributed by atoms with Crippen LogP contribution in [-0.4, -0.2) is 55.9 Å². The fraction of sp³-hybridized carbons (Fsp3) is 0.391. The maximum Gasteiger partial charge on any atom is 0.251 e. The number of benzene rings is 2. The molecular weight excluding hydrogens is 382 g/mol. The molecule has 2 aromatic rings. The molecule has 4 rings (SSSR count). The van der Waals surface area contributed by atoms with E-state index in [1.165, 1.54) is 16.0 Å². The summed E-state index contributed by atoms with van der Waals surface area (Å²) in [4.78, 5) is 22.1. The van der Waals surface area contributed by atoms with Crippen molar-refractivity contribution in [3.05, 3.63) is 53.1 Å². The zero-order chi connectivity index (χ0) is 20.2. The molecule has 0 aliphatic carbocycles. The van der Waals surface area contributed by atoms with Gasteiger partial charge >= 0.3 is 0 Å². The van der Waals surface area contributed by atoms with Crippen LogP contribution in [0.3, 0.4) is 0 Å². The number of carbonyl (C=O) groups is 1. The Labute approximate surface area is 176 Å². The molecule has 5 nitrogen and oxygen atoms in total. The summed E-state index contributed by atoms with van der Waals surface area (Å²) in [6.45, 7) is 9.38. The summed E-state index contributed by atoms with van der Waals surface area (Å²) in [5.41, 5.74) is 4.90. The second kappa shape index (κ2) is 9.11. The number of hydrogen-bond donors (Lipinski definition) is 1. The van der Waals surface area contributed by atoms with Gasteiger partial charge in [-0.15, -0.1) is 0 Å². The van der Waals surface area contributed by atoms with E-state index in [1.807, 2.05) is 25.1 Å². The molecule has 6 heteroatoms. The first-order valence-electron chi connectivity index (χ1n) is 10.2. The maximum absolute atomic E-state index is 12.6. The van der Waals surface area contributed by atoms with E-state index in [0.29, 0.717) is 12.1 Å². The van der Waals surface area contributed by atoms with Crippen LogP contribution in [0.4, 0.5) is 5.69 Å². The molecule has 2 aromatic carbocycles. The van der Waals surface area contributed by atoms with Gasteiger partial charge in [-0.05, 0) is 57.1 Å². The number of aliphatic imine (C=N–C) groups is 1. The van der Waals surface area contributed by atoms with Crippen LogP contribution in [0.15, 0.2) is 51.2 Å². The summed E-state index contributed by atoms with van der Waals surface area (Å²) in [6.07, 6.45) is 0.943. The molecular formula is C23H27N3O2S.